The van der Waals surface area contributed by atoms with Crippen LogP contribution in [0.4, 0.5) is 0 Å². The molecule has 0 saturated carbocycles. The first-order valence-corrected chi connectivity index (χ1v) is 14.6. The number of aromatic nitrogens is 3. The van der Waals surface area contributed by atoms with Crippen LogP contribution >= 0.6 is 0 Å². The fourth-order valence-corrected chi connectivity index (χ4v) is 6.43. The van der Waals surface area contributed by atoms with Gasteiger partial charge in [-0.1, -0.05) is 115 Å². The largest absolute Gasteiger partial charge is 0.293 e. The number of benzene rings is 7. The highest BCUT2D eigenvalue weighted by Gasteiger charge is 2.19. The van der Waals surface area contributed by atoms with Crippen LogP contribution in [0.5, 0.6) is 0 Å². The fraction of sp³-hybridized carbons (Fsp3) is 0. The van der Waals surface area contributed by atoms with E-state index in [1.807, 2.05) is 0 Å². The Bertz CT molecular complexity index is 2510. The molecule has 9 rings (SSSR count). The Morgan fingerprint density at radius 3 is 1.88 bits per heavy atom. The van der Waals surface area contributed by atoms with E-state index in [4.69, 9.17) is 9.97 Å². The van der Waals surface area contributed by atoms with E-state index >= 15 is 0 Å². The van der Waals surface area contributed by atoms with Crippen LogP contribution in [0.25, 0.3) is 82.6 Å². The summed E-state index contributed by atoms with van der Waals surface area (Å²) in [6.45, 7) is 0. The number of fused-ring (bicyclic) bond motifs is 6. The molecule has 2 aromatic heterocycles. The Balaban J connectivity index is 1.39. The van der Waals surface area contributed by atoms with Gasteiger partial charge in [0.25, 0.3) is 0 Å². The summed E-state index contributed by atoms with van der Waals surface area (Å²) < 4.78 is 2.33. The lowest BCUT2D eigenvalue weighted by molar-refractivity contribution is 1.08. The summed E-state index contributed by atoms with van der Waals surface area (Å²) in [7, 11) is 0. The highest BCUT2D eigenvalue weighted by molar-refractivity contribution is 6.14. The van der Waals surface area contributed by atoms with Crippen molar-refractivity contribution in [3.63, 3.8) is 0 Å². The summed E-state index contributed by atoms with van der Waals surface area (Å²) in [6, 6.07) is 53.8. The first-order chi connectivity index (χ1) is 21.3. The van der Waals surface area contributed by atoms with Crippen LogP contribution in [0, 0.1) is 0 Å². The number of para-hydroxylation sites is 1. The van der Waals surface area contributed by atoms with Crippen molar-refractivity contribution in [1.82, 2.24) is 14.5 Å². The maximum absolute atomic E-state index is 5.36. The first-order valence-electron chi connectivity index (χ1n) is 14.6. The molecule has 0 fully saturated rings. The summed E-state index contributed by atoms with van der Waals surface area (Å²) >= 11 is 0. The van der Waals surface area contributed by atoms with Crippen LogP contribution in [0.15, 0.2) is 152 Å². The van der Waals surface area contributed by atoms with E-state index in [0.29, 0.717) is 5.82 Å². The lowest BCUT2D eigenvalue weighted by Crippen LogP contribution is -2.03. The maximum atomic E-state index is 5.36. The molecule has 9 aromatic rings. The molecular formula is C40H25N3. The fourth-order valence-electron chi connectivity index (χ4n) is 6.43. The third kappa shape index (κ3) is 3.83. The van der Waals surface area contributed by atoms with Gasteiger partial charge in [0.2, 0.25) is 0 Å². The third-order valence-electron chi connectivity index (χ3n) is 8.54. The Kier molecular flexibility index (Phi) is 5.20. The van der Waals surface area contributed by atoms with Gasteiger partial charge >= 0.3 is 0 Å². The van der Waals surface area contributed by atoms with Crippen LogP contribution < -0.4 is 0 Å². The molecule has 0 bridgehead atoms. The highest BCUT2D eigenvalue weighted by Crippen LogP contribution is 2.37. The van der Waals surface area contributed by atoms with Gasteiger partial charge in [-0.3, -0.25) is 4.57 Å². The van der Waals surface area contributed by atoms with Gasteiger partial charge in [0.05, 0.1) is 16.6 Å². The average Bonchev–Trinajstić information content (AvgIpc) is 3.39. The SMILES string of the molecule is c1ccc(-c2ccc3c(-n4c5ccccc5c5cc6ccccc6cc54)nc(-c4ccc5ccccc5c4)nc3c2)cc1. The topological polar surface area (TPSA) is 30.7 Å². The smallest absolute Gasteiger partial charge is 0.162 e. The molecular weight excluding hydrogens is 522 g/mol. The minimum absolute atomic E-state index is 0.713. The molecule has 0 N–H and O–H groups in total. The monoisotopic (exact) mass is 547 g/mol. The second-order valence-electron chi connectivity index (χ2n) is 11.1. The average molecular weight is 548 g/mol. The van der Waals surface area contributed by atoms with Crippen molar-refractivity contribution < 1.29 is 0 Å². The molecule has 0 amide bonds. The molecule has 0 unspecified atom stereocenters. The van der Waals surface area contributed by atoms with Gasteiger partial charge in [-0.25, -0.2) is 9.97 Å². The molecule has 2 heterocycles. The zero-order chi connectivity index (χ0) is 28.3. The van der Waals surface area contributed by atoms with Crippen molar-refractivity contribution in [3.05, 3.63) is 152 Å². The summed E-state index contributed by atoms with van der Waals surface area (Å²) in [5.74, 6) is 1.60. The van der Waals surface area contributed by atoms with Gasteiger partial charge in [-0.05, 0) is 69.1 Å². The van der Waals surface area contributed by atoms with Crippen LogP contribution in [0.1, 0.15) is 0 Å². The quantitative estimate of drug-likeness (QED) is 0.220. The van der Waals surface area contributed by atoms with Crippen molar-refractivity contribution in [2.45, 2.75) is 0 Å². The van der Waals surface area contributed by atoms with Gasteiger partial charge in [0.15, 0.2) is 5.82 Å². The molecule has 7 aromatic carbocycles. The normalized spacial score (nSPS) is 11.7. The van der Waals surface area contributed by atoms with E-state index in [1.54, 1.807) is 0 Å². The molecule has 200 valence electrons. The Hall–Kier alpha value is -5.80. The van der Waals surface area contributed by atoms with E-state index in [9.17, 15) is 0 Å². The molecule has 43 heavy (non-hydrogen) atoms. The predicted octanol–water partition coefficient (Wildman–Crippen LogP) is 10.4. The lowest BCUT2D eigenvalue weighted by atomic mass is 10.0. The van der Waals surface area contributed by atoms with Gasteiger partial charge in [-0.15, -0.1) is 0 Å². The molecule has 0 saturated heterocycles. The first kappa shape index (κ1) is 23.9. The van der Waals surface area contributed by atoms with Crippen LogP contribution in [0.2, 0.25) is 0 Å². The number of hydrogen-bond donors (Lipinski definition) is 0. The minimum Gasteiger partial charge on any atom is -0.293 e. The van der Waals surface area contributed by atoms with E-state index in [-0.39, 0.29) is 0 Å². The molecule has 0 aliphatic heterocycles. The van der Waals surface area contributed by atoms with Crippen molar-refractivity contribution in [1.29, 1.82) is 0 Å². The summed E-state index contributed by atoms with van der Waals surface area (Å²) in [5, 5.41) is 8.25. The van der Waals surface area contributed by atoms with Crippen LogP contribution in [-0.2, 0) is 0 Å². The van der Waals surface area contributed by atoms with Gasteiger partial charge in [-0.2, -0.15) is 0 Å². The second-order valence-corrected chi connectivity index (χ2v) is 11.1. The minimum atomic E-state index is 0.713. The van der Waals surface area contributed by atoms with Crippen molar-refractivity contribution in [2.24, 2.45) is 0 Å². The zero-order valence-corrected chi connectivity index (χ0v) is 23.3. The van der Waals surface area contributed by atoms with Gasteiger partial charge in [0.1, 0.15) is 5.82 Å². The Labute approximate surface area is 248 Å². The van der Waals surface area contributed by atoms with E-state index < -0.39 is 0 Å². The zero-order valence-electron chi connectivity index (χ0n) is 23.3. The molecule has 0 radical (unpaired) electrons. The molecule has 3 nitrogen and oxygen atoms in total. The summed E-state index contributed by atoms with van der Waals surface area (Å²) in [4.78, 5) is 10.5. The molecule has 0 atom stereocenters. The van der Waals surface area contributed by atoms with Crippen molar-refractivity contribution >= 4 is 54.3 Å². The van der Waals surface area contributed by atoms with Gasteiger partial charge in [0, 0.05) is 21.7 Å². The molecule has 3 heteroatoms. The third-order valence-corrected chi connectivity index (χ3v) is 8.54. The van der Waals surface area contributed by atoms with Crippen LogP contribution in [-0.4, -0.2) is 14.5 Å². The maximum Gasteiger partial charge on any atom is 0.162 e. The van der Waals surface area contributed by atoms with Crippen molar-refractivity contribution in [2.75, 3.05) is 0 Å². The Morgan fingerprint density at radius 2 is 1.05 bits per heavy atom. The summed E-state index contributed by atoms with van der Waals surface area (Å²) in [6.07, 6.45) is 0. The summed E-state index contributed by atoms with van der Waals surface area (Å²) in [5.41, 5.74) is 6.48. The van der Waals surface area contributed by atoms with E-state index in [2.05, 4.69) is 156 Å². The van der Waals surface area contributed by atoms with E-state index in [1.165, 1.54) is 37.9 Å². The lowest BCUT2D eigenvalue weighted by Gasteiger charge is -2.14. The molecule has 0 aliphatic carbocycles. The number of nitrogens with zero attached hydrogens (tertiary/aromatic N) is 3. The van der Waals surface area contributed by atoms with Crippen LogP contribution in [0.3, 0.4) is 0 Å². The molecule has 0 aliphatic rings. The standard InChI is InChI=1S/C40H25N3/c1-2-10-26(11-3-1)31-20-21-34-36(24-31)41-39(32-19-18-27-12-4-5-13-28(27)22-32)42-40(34)43-37-17-9-8-16-33(37)35-23-29-14-6-7-15-30(29)25-38(35)43/h1-25H. The second kappa shape index (κ2) is 9.37. The highest BCUT2D eigenvalue weighted by atomic mass is 15.1. The van der Waals surface area contributed by atoms with Crippen molar-refractivity contribution in [3.8, 4) is 28.3 Å². The number of hydrogen-bond acceptors (Lipinski definition) is 2. The van der Waals surface area contributed by atoms with Gasteiger partial charge < -0.3 is 0 Å². The van der Waals surface area contributed by atoms with E-state index in [0.717, 1.165) is 38.9 Å². The molecule has 0 spiro atoms. The number of rotatable bonds is 3. The Morgan fingerprint density at radius 1 is 0.372 bits per heavy atom. The predicted molar refractivity (Wildman–Crippen MR) is 180 cm³/mol.